The number of nitrogens with zero attached hydrogens (tertiary/aromatic N) is 3. The number of aromatic hydroxyl groups is 1. The first-order chi connectivity index (χ1) is 34.6. The Bertz CT molecular complexity index is 3440. The SMILES string of the molecule is Oc1c(-c2ccccc2)cccc1-c1nc2c(-c3[c-]c(-c4cc(-c5ccc(C6CCCCC6)cc5)ccn4)cc(-c4ccccc4)c3)cccc2n1-c1ccc(CC2CCCC2)cc1-c1ccccc1.[Pt]. The largest absolute Gasteiger partial charge is 0.507 e. The zero-order chi connectivity index (χ0) is 46.8. The van der Waals surface area contributed by atoms with Gasteiger partial charge >= 0.3 is 0 Å². The molecule has 2 aliphatic rings. The van der Waals surface area contributed by atoms with Crippen LogP contribution < -0.4 is 0 Å². The van der Waals surface area contributed by atoms with Gasteiger partial charge in [0.05, 0.1) is 22.3 Å². The number of benzene rings is 8. The van der Waals surface area contributed by atoms with Crippen LogP contribution in [0.3, 0.4) is 0 Å². The van der Waals surface area contributed by atoms with Crippen molar-refractivity contribution in [2.45, 2.75) is 70.1 Å². The number of hydrogen-bond acceptors (Lipinski definition) is 3. The van der Waals surface area contributed by atoms with Gasteiger partial charge in [0.25, 0.3) is 0 Å². The quantitative estimate of drug-likeness (QED) is 0.131. The fourth-order valence-electron chi connectivity index (χ4n) is 11.4. The maximum atomic E-state index is 12.4. The van der Waals surface area contributed by atoms with Gasteiger partial charge in [0, 0.05) is 44.1 Å². The van der Waals surface area contributed by atoms with E-state index in [1.54, 1.807) is 0 Å². The van der Waals surface area contributed by atoms with Crippen LogP contribution in [0.4, 0.5) is 0 Å². The second kappa shape index (κ2) is 20.7. The monoisotopic (exact) mass is 1100 g/mol. The Kier molecular flexibility index (Phi) is 13.5. The zero-order valence-electron chi connectivity index (χ0n) is 39.9. The number of phenols is 1. The van der Waals surface area contributed by atoms with Crippen LogP contribution in [-0.2, 0) is 27.5 Å². The van der Waals surface area contributed by atoms with Crippen molar-refractivity contribution in [1.29, 1.82) is 0 Å². The van der Waals surface area contributed by atoms with Gasteiger partial charge in [-0.3, -0.25) is 9.55 Å². The summed E-state index contributed by atoms with van der Waals surface area (Å²) < 4.78 is 2.27. The molecule has 5 heteroatoms. The molecule has 10 aromatic rings. The first kappa shape index (κ1) is 46.3. The smallest absolute Gasteiger partial charge is 0.148 e. The summed E-state index contributed by atoms with van der Waals surface area (Å²) in [6.45, 7) is 0. The van der Waals surface area contributed by atoms with Crippen LogP contribution in [0.2, 0.25) is 0 Å². The molecule has 0 atom stereocenters. The molecule has 0 saturated heterocycles. The maximum absolute atomic E-state index is 12.4. The van der Waals surface area contributed by atoms with Gasteiger partial charge in [0.15, 0.2) is 0 Å². The predicted octanol–water partition coefficient (Wildman–Crippen LogP) is 17.4. The molecule has 2 fully saturated rings. The topological polar surface area (TPSA) is 50.9 Å². The van der Waals surface area contributed by atoms with Gasteiger partial charge < -0.3 is 5.11 Å². The number of hydrogen-bond donors (Lipinski definition) is 1. The van der Waals surface area contributed by atoms with E-state index in [9.17, 15) is 5.11 Å². The van der Waals surface area contributed by atoms with Gasteiger partial charge in [-0.25, -0.2) is 4.98 Å². The van der Waals surface area contributed by atoms with Crippen molar-refractivity contribution >= 4 is 11.0 Å². The fourth-order valence-corrected chi connectivity index (χ4v) is 11.4. The second-order valence-electron chi connectivity index (χ2n) is 19.5. The van der Waals surface area contributed by atoms with E-state index in [2.05, 4.69) is 156 Å². The molecule has 2 aromatic heterocycles. The van der Waals surface area contributed by atoms with E-state index in [-0.39, 0.29) is 26.8 Å². The number of pyridine rings is 1. The summed E-state index contributed by atoms with van der Waals surface area (Å²) >= 11 is 0. The summed E-state index contributed by atoms with van der Waals surface area (Å²) in [5, 5.41) is 12.4. The molecule has 352 valence electrons. The Morgan fingerprint density at radius 2 is 1.11 bits per heavy atom. The van der Waals surface area contributed by atoms with Crippen molar-refractivity contribution in [2.75, 3.05) is 0 Å². The summed E-state index contributed by atoms with van der Waals surface area (Å²) in [4.78, 5) is 10.6. The Labute approximate surface area is 432 Å². The van der Waals surface area contributed by atoms with E-state index in [0.717, 1.165) is 84.5 Å². The molecule has 0 radical (unpaired) electrons. The molecule has 2 aliphatic carbocycles. The number of imidazole rings is 1. The van der Waals surface area contributed by atoms with Gasteiger partial charge in [-0.2, -0.15) is 0 Å². The fraction of sp³-hybridized carbons (Fsp3) is 0.182. The summed E-state index contributed by atoms with van der Waals surface area (Å²) in [5.74, 6) is 2.24. The van der Waals surface area contributed by atoms with E-state index in [1.807, 2.05) is 54.7 Å². The van der Waals surface area contributed by atoms with Crippen LogP contribution in [0.5, 0.6) is 5.75 Å². The van der Waals surface area contributed by atoms with Crippen LogP contribution in [-0.4, -0.2) is 19.6 Å². The third-order valence-electron chi connectivity index (χ3n) is 15.1. The minimum Gasteiger partial charge on any atom is -0.507 e. The Morgan fingerprint density at radius 1 is 0.493 bits per heavy atom. The Balaban J connectivity index is 0.00000547. The molecule has 12 rings (SSSR count). The average Bonchev–Trinajstić information content (AvgIpc) is 4.10. The molecule has 0 aliphatic heterocycles. The molecule has 2 heterocycles. The summed E-state index contributed by atoms with van der Waals surface area (Å²) in [6, 6.07) is 72.8. The molecule has 1 N–H and O–H groups in total. The van der Waals surface area contributed by atoms with Gasteiger partial charge in [-0.05, 0) is 100 Å². The Hall–Kier alpha value is -7.13. The number of rotatable bonds is 11. The maximum Gasteiger partial charge on any atom is 0.148 e. The number of phenolic OH excluding ortho intramolecular Hbond substituents is 1. The minimum absolute atomic E-state index is 0. The average molecular weight is 1100 g/mol. The van der Waals surface area contributed by atoms with Crippen molar-refractivity contribution < 1.29 is 26.2 Å². The van der Waals surface area contributed by atoms with Crippen LogP contribution in [0.25, 0.3) is 95.0 Å². The predicted molar refractivity (Wildman–Crippen MR) is 289 cm³/mol. The van der Waals surface area contributed by atoms with Gasteiger partial charge in [0.1, 0.15) is 11.6 Å². The summed E-state index contributed by atoms with van der Waals surface area (Å²) in [6.07, 6.45) is 14.8. The molecule has 0 amide bonds. The van der Waals surface area contributed by atoms with Crippen molar-refractivity contribution in [3.05, 3.63) is 218 Å². The molecular formula is C66H56N3OPt-. The summed E-state index contributed by atoms with van der Waals surface area (Å²) in [5.41, 5.74) is 18.4. The molecule has 8 aromatic carbocycles. The van der Waals surface area contributed by atoms with Crippen LogP contribution in [0, 0.1) is 12.0 Å². The Morgan fingerprint density at radius 3 is 1.85 bits per heavy atom. The molecule has 0 spiro atoms. The molecule has 4 nitrogen and oxygen atoms in total. The molecule has 2 saturated carbocycles. The summed E-state index contributed by atoms with van der Waals surface area (Å²) in [7, 11) is 0. The zero-order valence-corrected chi connectivity index (χ0v) is 42.2. The third-order valence-corrected chi connectivity index (χ3v) is 15.1. The van der Waals surface area contributed by atoms with Crippen LogP contribution >= 0.6 is 0 Å². The third kappa shape index (κ3) is 9.47. The van der Waals surface area contributed by atoms with Crippen molar-refractivity contribution in [3.8, 4) is 89.7 Å². The van der Waals surface area contributed by atoms with Crippen LogP contribution in [0.15, 0.2) is 200 Å². The van der Waals surface area contributed by atoms with Crippen molar-refractivity contribution in [3.63, 3.8) is 0 Å². The van der Waals surface area contributed by atoms with E-state index < -0.39 is 0 Å². The number of para-hydroxylation sites is 2. The van der Waals surface area contributed by atoms with Crippen LogP contribution in [0.1, 0.15) is 74.8 Å². The standard InChI is InChI=1S/C66H56N3O.Pt/c70-65-58(51-23-9-3-10-24-51)28-15-29-59(65)66-68-64-57(27-16-30-63(64)69(66)62-36-31-46(39-45-17-13-14-18-45)40-60(62)52-25-11-4-12-26-52)55-41-54(48-21-7-2-8-22-48)42-56(43-55)61-44-53(37-38-67-61)50-34-32-49(33-35-50)47-19-5-1-6-20-47;/h2-4,7-12,15-16,21-38,40-42,44-45,47,70H,1,5-6,13-14,17-20,39H2;/q-1;. The van der Waals surface area contributed by atoms with Gasteiger partial charge in [0.2, 0.25) is 0 Å². The van der Waals surface area contributed by atoms with Gasteiger partial charge in [-0.1, -0.05) is 213 Å². The minimum atomic E-state index is 0. The van der Waals surface area contributed by atoms with E-state index >= 15 is 0 Å². The normalized spacial score (nSPS) is 14.1. The van der Waals surface area contributed by atoms with E-state index in [1.165, 1.54) is 74.5 Å². The van der Waals surface area contributed by atoms with Gasteiger partial charge in [-0.15, -0.1) is 23.8 Å². The number of aromatic nitrogens is 3. The molecule has 0 unspecified atom stereocenters. The first-order valence-electron chi connectivity index (χ1n) is 25.4. The van der Waals surface area contributed by atoms with Crippen molar-refractivity contribution in [1.82, 2.24) is 14.5 Å². The first-order valence-corrected chi connectivity index (χ1v) is 25.4. The van der Waals surface area contributed by atoms with E-state index in [4.69, 9.17) is 9.97 Å². The second-order valence-corrected chi connectivity index (χ2v) is 19.5. The van der Waals surface area contributed by atoms with Crippen molar-refractivity contribution in [2.24, 2.45) is 5.92 Å². The molecule has 71 heavy (non-hydrogen) atoms. The number of fused-ring (bicyclic) bond motifs is 1. The van der Waals surface area contributed by atoms with E-state index in [0.29, 0.717) is 23.2 Å². The molecular weight excluding hydrogens is 1050 g/mol. The molecule has 0 bridgehead atoms.